The van der Waals surface area contributed by atoms with Gasteiger partial charge in [-0.15, -0.1) is 0 Å². The molecule has 0 radical (unpaired) electrons. The van der Waals surface area contributed by atoms with Crippen LogP contribution in [0.5, 0.6) is 11.5 Å². The van der Waals surface area contributed by atoms with E-state index < -0.39 is 11.9 Å². The molecule has 0 N–H and O–H groups in total. The highest BCUT2D eigenvalue weighted by Crippen LogP contribution is 2.32. The van der Waals surface area contributed by atoms with Gasteiger partial charge in [0.1, 0.15) is 11.5 Å². The lowest BCUT2D eigenvalue weighted by Gasteiger charge is -2.27. The number of aryl methyl sites for hydroxylation is 1. The van der Waals surface area contributed by atoms with E-state index in [0.29, 0.717) is 16.9 Å². The van der Waals surface area contributed by atoms with Crippen LogP contribution in [-0.2, 0) is 9.59 Å². The van der Waals surface area contributed by atoms with E-state index in [-0.39, 0.29) is 17.6 Å². The van der Waals surface area contributed by atoms with Crippen LogP contribution in [0.1, 0.15) is 68.8 Å². The van der Waals surface area contributed by atoms with E-state index in [1.807, 2.05) is 0 Å². The number of carbonyl (C=O) groups excluding carboxylic acids is 3. The van der Waals surface area contributed by atoms with Gasteiger partial charge in [0.2, 0.25) is 0 Å². The zero-order chi connectivity index (χ0) is 20.0. The average molecular weight is 375 g/mol. The van der Waals surface area contributed by atoms with E-state index in [1.165, 1.54) is 19.9 Å². The SMILES string of the molecule is CCCCC(C(=O)c1cc(OC(C)=O)c(C)cc1OC(C)=O)N1CCCC1. The number of nitrogens with zero attached hydrogens (tertiary/aromatic N) is 1. The monoisotopic (exact) mass is 375 g/mol. The number of unbranched alkanes of at least 4 members (excludes halogenated alkanes) is 1. The van der Waals surface area contributed by atoms with Gasteiger partial charge in [-0.3, -0.25) is 19.3 Å². The molecule has 6 nitrogen and oxygen atoms in total. The Morgan fingerprint density at radius 3 is 2.19 bits per heavy atom. The van der Waals surface area contributed by atoms with Gasteiger partial charge < -0.3 is 9.47 Å². The fourth-order valence-corrected chi connectivity index (χ4v) is 3.47. The lowest BCUT2D eigenvalue weighted by Crippen LogP contribution is -2.39. The van der Waals surface area contributed by atoms with Crippen LogP contribution in [0.25, 0.3) is 0 Å². The molecule has 148 valence electrons. The number of hydrogen-bond donors (Lipinski definition) is 0. The molecule has 1 saturated heterocycles. The summed E-state index contributed by atoms with van der Waals surface area (Å²) in [6.07, 6.45) is 4.86. The Hall–Kier alpha value is -2.21. The number of carbonyl (C=O) groups is 3. The Balaban J connectivity index is 2.44. The first-order valence-corrected chi connectivity index (χ1v) is 9.63. The molecule has 1 heterocycles. The van der Waals surface area contributed by atoms with Crippen LogP contribution in [0.15, 0.2) is 12.1 Å². The van der Waals surface area contributed by atoms with Crippen molar-refractivity contribution in [2.24, 2.45) is 0 Å². The average Bonchev–Trinajstić information content (AvgIpc) is 3.10. The van der Waals surface area contributed by atoms with Crippen molar-refractivity contribution in [1.82, 2.24) is 4.90 Å². The third kappa shape index (κ3) is 5.63. The van der Waals surface area contributed by atoms with Crippen molar-refractivity contribution >= 4 is 17.7 Å². The molecule has 0 saturated carbocycles. The minimum atomic E-state index is -0.491. The van der Waals surface area contributed by atoms with Crippen molar-refractivity contribution < 1.29 is 23.9 Å². The molecule has 1 unspecified atom stereocenters. The van der Waals surface area contributed by atoms with Crippen molar-refractivity contribution in [2.75, 3.05) is 13.1 Å². The van der Waals surface area contributed by atoms with Gasteiger partial charge in [-0.25, -0.2) is 0 Å². The second kappa shape index (κ2) is 9.65. The number of benzene rings is 1. The maximum Gasteiger partial charge on any atom is 0.308 e. The minimum Gasteiger partial charge on any atom is -0.426 e. The zero-order valence-corrected chi connectivity index (χ0v) is 16.7. The second-order valence-corrected chi connectivity index (χ2v) is 7.07. The van der Waals surface area contributed by atoms with Crippen LogP contribution in [-0.4, -0.2) is 41.8 Å². The van der Waals surface area contributed by atoms with Gasteiger partial charge in [0, 0.05) is 13.8 Å². The fraction of sp³-hybridized carbons (Fsp3) is 0.571. The van der Waals surface area contributed by atoms with Gasteiger partial charge in [-0.2, -0.15) is 0 Å². The number of rotatable bonds is 8. The summed E-state index contributed by atoms with van der Waals surface area (Å²) in [5.41, 5.74) is 0.921. The predicted molar refractivity (Wildman–Crippen MR) is 102 cm³/mol. The maximum absolute atomic E-state index is 13.4. The number of Topliss-reactive ketones (excluding diaryl/α,β-unsaturated/α-hetero) is 1. The van der Waals surface area contributed by atoms with Crippen molar-refractivity contribution in [3.63, 3.8) is 0 Å². The molecule has 1 aliphatic heterocycles. The van der Waals surface area contributed by atoms with E-state index in [0.717, 1.165) is 45.2 Å². The van der Waals surface area contributed by atoms with Gasteiger partial charge in [-0.1, -0.05) is 19.8 Å². The maximum atomic E-state index is 13.4. The predicted octanol–water partition coefficient (Wildman–Crippen LogP) is 3.68. The largest absolute Gasteiger partial charge is 0.426 e. The van der Waals surface area contributed by atoms with E-state index >= 15 is 0 Å². The molecule has 1 atom stereocenters. The van der Waals surface area contributed by atoms with E-state index in [2.05, 4.69) is 11.8 Å². The molecule has 0 spiro atoms. The summed E-state index contributed by atoms with van der Waals surface area (Å²) in [7, 11) is 0. The highest BCUT2D eigenvalue weighted by Gasteiger charge is 2.31. The first-order valence-electron chi connectivity index (χ1n) is 9.63. The van der Waals surface area contributed by atoms with Crippen LogP contribution >= 0.6 is 0 Å². The van der Waals surface area contributed by atoms with Crippen LogP contribution in [0.4, 0.5) is 0 Å². The standard InChI is InChI=1S/C21H29NO5/c1-5-6-9-18(22-10-7-8-11-22)21(25)17-13-19(26-15(3)23)14(2)12-20(17)27-16(4)24/h12-13,18H,5-11H2,1-4H3. The normalized spacial score (nSPS) is 15.4. The highest BCUT2D eigenvalue weighted by atomic mass is 16.5. The molecule has 2 rings (SSSR count). The van der Waals surface area contributed by atoms with Crippen LogP contribution in [0.2, 0.25) is 0 Å². The molecule has 0 aromatic heterocycles. The third-order valence-corrected chi connectivity index (χ3v) is 4.77. The van der Waals surface area contributed by atoms with Crippen molar-refractivity contribution in [3.8, 4) is 11.5 Å². The molecule has 0 aliphatic carbocycles. The summed E-state index contributed by atoms with van der Waals surface area (Å²) < 4.78 is 10.5. The summed E-state index contributed by atoms with van der Waals surface area (Å²) in [5, 5.41) is 0. The number of ketones is 1. The van der Waals surface area contributed by atoms with Crippen molar-refractivity contribution in [2.45, 2.75) is 65.8 Å². The number of ether oxygens (including phenoxy) is 2. The van der Waals surface area contributed by atoms with E-state index in [9.17, 15) is 14.4 Å². The number of esters is 2. The molecule has 1 aromatic carbocycles. The Kier molecular flexibility index (Phi) is 7.54. The number of likely N-dealkylation sites (tertiary alicyclic amines) is 1. The molecule has 0 bridgehead atoms. The molecule has 1 fully saturated rings. The number of hydrogen-bond acceptors (Lipinski definition) is 6. The van der Waals surface area contributed by atoms with Crippen LogP contribution in [0.3, 0.4) is 0 Å². The Morgan fingerprint density at radius 2 is 1.63 bits per heavy atom. The summed E-state index contributed by atoms with van der Waals surface area (Å²) in [4.78, 5) is 38.5. The van der Waals surface area contributed by atoms with Gasteiger partial charge in [0.05, 0.1) is 11.6 Å². The Bertz CT molecular complexity index is 707. The van der Waals surface area contributed by atoms with Gasteiger partial charge in [0.15, 0.2) is 5.78 Å². The first-order chi connectivity index (χ1) is 12.8. The Labute approximate surface area is 160 Å². The van der Waals surface area contributed by atoms with Crippen molar-refractivity contribution in [3.05, 3.63) is 23.3 Å². The molecule has 0 amide bonds. The quantitative estimate of drug-likeness (QED) is 0.392. The lowest BCUT2D eigenvalue weighted by atomic mass is 9.96. The summed E-state index contributed by atoms with van der Waals surface area (Å²) in [6.45, 7) is 8.25. The first kappa shape index (κ1) is 21.1. The molecule has 27 heavy (non-hydrogen) atoms. The molecule has 6 heteroatoms. The summed E-state index contributed by atoms with van der Waals surface area (Å²) in [5.74, 6) is -0.497. The molecular weight excluding hydrogens is 346 g/mol. The molecule has 1 aliphatic rings. The second-order valence-electron chi connectivity index (χ2n) is 7.07. The molecule has 1 aromatic rings. The van der Waals surface area contributed by atoms with Gasteiger partial charge >= 0.3 is 11.9 Å². The van der Waals surface area contributed by atoms with E-state index in [1.54, 1.807) is 13.0 Å². The third-order valence-electron chi connectivity index (χ3n) is 4.77. The summed E-state index contributed by atoms with van der Waals surface area (Å²) >= 11 is 0. The molecular formula is C21H29NO5. The minimum absolute atomic E-state index is 0.0880. The fourth-order valence-electron chi connectivity index (χ4n) is 3.47. The summed E-state index contributed by atoms with van der Waals surface area (Å²) in [6, 6.07) is 2.87. The smallest absolute Gasteiger partial charge is 0.308 e. The van der Waals surface area contributed by atoms with Gasteiger partial charge in [0.25, 0.3) is 0 Å². The lowest BCUT2D eigenvalue weighted by molar-refractivity contribution is -0.133. The van der Waals surface area contributed by atoms with Crippen LogP contribution < -0.4 is 9.47 Å². The Morgan fingerprint density at radius 1 is 1.04 bits per heavy atom. The highest BCUT2D eigenvalue weighted by molar-refractivity contribution is 6.03. The van der Waals surface area contributed by atoms with Crippen molar-refractivity contribution in [1.29, 1.82) is 0 Å². The van der Waals surface area contributed by atoms with Gasteiger partial charge in [-0.05, 0) is 57.0 Å². The van der Waals surface area contributed by atoms with E-state index in [4.69, 9.17) is 9.47 Å². The topological polar surface area (TPSA) is 72.9 Å². The zero-order valence-electron chi connectivity index (χ0n) is 16.7. The van der Waals surface area contributed by atoms with Crippen LogP contribution in [0, 0.1) is 6.92 Å².